The number of hydrogen-bond donors (Lipinski definition) is 0. The second-order valence-electron chi connectivity index (χ2n) is 5.55. The quantitative estimate of drug-likeness (QED) is 0.590. The largest absolute Gasteiger partial charge is 0.464 e. The van der Waals surface area contributed by atoms with Crippen LogP contribution in [0.15, 0.2) is 30.5 Å². The van der Waals surface area contributed by atoms with E-state index in [1.165, 1.54) is 38.2 Å². The fraction of sp³-hybridized carbons (Fsp3) is 0.278. The number of esters is 1. The zero-order chi connectivity index (χ0) is 21.0. The third-order valence-electron chi connectivity index (χ3n) is 3.97. The SMILES string of the molecule is COC(=O)c1ncccc1C(SC)c1ccc(Cl)c(N(C)C(=O)C(F)F)c1Cl. The number of benzene rings is 1. The number of pyridine rings is 1. The molecule has 1 aromatic carbocycles. The highest BCUT2D eigenvalue weighted by atomic mass is 35.5. The minimum Gasteiger partial charge on any atom is -0.464 e. The number of hydrogen-bond acceptors (Lipinski definition) is 5. The Kier molecular flexibility index (Phi) is 7.63. The summed E-state index contributed by atoms with van der Waals surface area (Å²) in [7, 11) is 2.41. The molecule has 0 aliphatic rings. The Morgan fingerprint density at radius 1 is 1.21 bits per heavy atom. The summed E-state index contributed by atoms with van der Waals surface area (Å²) in [5, 5.41) is -0.408. The molecule has 2 rings (SSSR count). The molecule has 0 bridgehead atoms. The number of alkyl halides is 2. The molecule has 0 fully saturated rings. The smallest absolute Gasteiger partial charge is 0.356 e. The van der Waals surface area contributed by atoms with E-state index in [1.807, 2.05) is 0 Å². The molecule has 1 aromatic heterocycles. The van der Waals surface area contributed by atoms with Gasteiger partial charge in [-0.3, -0.25) is 4.79 Å². The highest BCUT2D eigenvalue weighted by Crippen LogP contribution is 2.45. The van der Waals surface area contributed by atoms with Crippen LogP contribution in [0.2, 0.25) is 10.0 Å². The maximum atomic E-state index is 12.9. The van der Waals surface area contributed by atoms with Crippen LogP contribution < -0.4 is 4.90 Å². The number of carbonyl (C=O) groups excluding carboxylic acids is 2. The van der Waals surface area contributed by atoms with E-state index in [-0.39, 0.29) is 21.4 Å². The Bertz CT molecular complexity index is 899. The molecule has 2 aromatic rings. The topological polar surface area (TPSA) is 59.5 Å². The summed E-state index contributed by atoms with van der Waals surface area (Å²) in [6.45, 7) is 0. The molecule has 150 valence electrons. The van der Waals surface area contributed by atoms with Crippen LogP contribution in [0.1, 0.15) is 26.9 Å². The number of thioether (sulfide) groups is 1. The van der Waals surface area contributed by atoms with Crippen LogP contribution >= 0.6 is 35.0 Å². The van der Waals surface area contributed by atoms with E-state index in [2.05, 4.69) is 4.98 Å². The van der Waals surface area contributed by atoms with Gasteiger partial charge in [-0.15, -0.1) is 0 Å². The molecule has 0 spiro atoms. The molecule has 0 aliphatic heterocycles. The van der Waals surface area contributed by atoms with E-state index in [0.717, 1.165) is 4.90 Å². The van der Waals surface area contributed by atoms with Gasteiger partial charge in [-0.25, -0.2) is 9.78 Å². The fourth-order valence-electron chi connectivity index (χ4n) is 2.64. The third-order valence-corrected chi connectivity index (χ3v) is 5.65. The van der Waals surface area contributed by atoms with Gasteiger partial charge in [-0.2, -0.15) is 20.5 Å². The summed E-state index contributed by atoms with van der Waals surface area (Å²) >= 11 is 13.9. The van der Waals surface area contributed by atoms with Gasteiger partial charge in [-0.1, -0.05) is 35.3 Å². The first-order valence-corrected chi connectivity index (χ1v) is 9.88. The number of ether oxygens (including phenoxy) is 1. The van der Waals surface area contributed by atoms with Crippen LogP contribution in [0.3, 0.4) is 0 Å². The summed E-state index contributed by atoms with van der Waals surface area (Å²) in [5.41, 5.74) is 1.09. The van der Waals surface area contributed by atoms with E-state index in [0.29, 0.717) is 11.1 Å². The van der Waals surface area contributed by atoms with Gasteiger partial charge in [0.05, 0.1) is 28.1 Å². The van der Waals surface area contributed by atoms with Crippen molar-refractivity contribution in [2.45, 2.75) is 11.7 Å². The van der Waals surface area contributed by atoms with Gasteiger partial charge < -0.3 is 9.64 Å². The van der Waals surface area contributed by atoms with Gasteiger partial charge >= 0.3 is 12.4 Å². The minimum absolute atomic E-state index is 0.0306. The molecule has 0 radical (unpaired) electrons. The van der Waals surface area contributed by atoms with Gasteiger partial charge in [0.15, 0.2) is 5.69 Å². The molecule has 0 saturated carbocycles. The Labute approximate surface area is 175 Å². The zero-order valence-corrected chi connectivity index (χ0v) is 17.4. The molecule has 1 heterocycles. The van der Waals surface area contributed by atoms with E-state index in [9.17, 15) is 18.4 Å². The normalized spacial score (nSPS) is 12.0. The number of aromatic nitrogens is 1. The van der Waals surface area contributed by atoms with Crippen molar-refractivity contribution < 1.29 is 23.1 Å². The summed E-state index contributed by atoms with van der Waals surface area (Å²) < 4.78 is 30.5. The lowest BCUT2D eigenvalue weighted by atomic mass is 10.0. The molecule has 0 aliphatic carbocycles. The fourth-order valence-corrected chi connectivity index (χ4v) is 4.33. The van der Waals surface area contributed by atoms with E-state index in [4.69, 9.17) is 27.9 Å². The predicted molar refractivity (Wildman–Crippen MR) is 107 cm³/mol. The van der Waals surface area contributed by atoms with Crippen molar-refractivity contribution in [3.63, 3.8) is 0 Å². The average Bonchev–Trinajstić information content (AvgIpc) is 2.69. The number of halogens is 4. The van der Waals surface area contributed by atoms with Crippen molar-refractivity contribution >= 4 is 52.5 Å². The Morgan fingerprint density at radius 3 is 2.46 bits per heavy atom. The monoisotopic (exact) mass is 448 g/mol. The lowest BCUT2D eigenvalue weighted by Gasteiger charge is -2.24. The summed E-state index contributed by atoms with van der Waals surface area (Å²) in [4.78, 5) is 28.6. The lowest BCUT2D eigenvalue weighted by Crippen LogP contribution is -2.32. The average molecular weight is 449 g/mol. The van der Waals surface area contributed by atoms with Crippen molar-refractivity contribution in [3.8, 4) is 0 Å². The van der Waals surface area contributed by atoms with Crippen molar-refractivity contribution in [2.75, 3.05) is 25.3 Å². The molecule has 5 nitrogen and oxygen atoms in total. The molecule has 28 heavy (non-hydrogen) atoms. The maximum absolute atomic E-state index is 12.9. The Balaban J connectivity index is 2.63. The molecular weight excluding hydrogens is 433 g/mol. The summed E-state index contributed by atoms with van der Waals surface area (Å²) in [6, 6.07) is 6.43. The van der Waals surface area contributed by atoms with Gasteiger partial charge in [-0.05, 0) is 24.0 Å². The van der Waals surface area contributed by atoms with Crippen LogP contribution in [0.4, 0.5) is 14.5 Å². The number of methoxy groups -OCH3 is 1. The number of anilines is 1. The Morgan fingerprint density at radius 2 is 1.89 bits per heavy atom. The maximum Gasteiger partial charge on any atom is 0.356 e. The van der Waals surface area contributed by atoms with Crippen LogP contribution in [0.5, 0.6) is 0 Å². The zero-order valence-electron chi connectivity index (χ0n) is 15.1. The first-order valence-electron chi connectivity index (χ1n) is 7.84. The van der Waals surface area contributed by atoms with Crippen LogP contribution in [-0.2, 0) is 9.53 Å². The van der Waals surface area contributed by atoms with Crippen molar-refractivity contribution in [2.24, 2.45) is 0 Å². The number of carbonyl (C=O) groups is 2. The van der Waals surface area contributed by atoms with Crippen LogP contribution in [0.25, 0.3) is 0 Å². The van der Waals surface area contributed by atoms with Crippen LogP contribution in [0, 0.1) is 0 Å². The first kappa shape index (κ1) is 22.4. The van der Waals surface area contributed by atoms with E-state index in [1.54, 1.807) is 24.5 Å². The van der Waals surface area contributed by atoms with Crippen LogP contribution in [-0.4, -0.2) is 43.7 Å². The second-order valence-corrected chi connectivity index (χ2v) is 7.27. The number of nitrogens with zero attached hydrogens (tertiary/aromatic N) is 2. The molecule has 1 unspecified atom stereocenters. The second kappa shape index (κ2) is 9.54. The number of rotatable bonds is 6. The van der Waals surface area contributed by atoms with Gasteiger partial charge in [0, 0.05) is 18.8 Å². The van der Waals surface area contributed by atoms with Crippen molar-refractivity contribution in [1.82, 2.24) is 4.98 Å². The summed E-state index contributed by atoms with van der Waals surface area (Å²) in [5.74, 6) is -2.05. The molecular formula is C18H16Cl2F2N2O3S. The van der Waals surface area contributed by atoms with Gasteiger partial charge in [0.1, 0.15) is 0 Å². The standard InChI is InChI=1S/C18H16Cl2F2N2O3S/c1-24(17(25)16(21)22)14-11(19)7-6-9(12(14)20)15(28-3)10-5-4-8-23-13(10)18(26)27-2/h4-8,15-16H,1-3H3. The van der Waals surface area contributed by atoms with Crippen molar-refractivity contribution in [3.05, 3.63) is 57.3 Å². The first-order chi connectivity index (χ1) is 13.2. The molecule has 0 N–H and O–H groups in total. The third kappa shape index (κ3) is 4.39. The predicted octanol–water partition coefficient (Wildman–Crippen LogP) is 4.86. The Hall–Kier alpha value is -1.90. The molecule has 0 saturated heterocycles. The highest BCUT2D eigenvalue weighted by molar-refractivity contribution is 7.99. The summed E-state index contributed by atoms with van der Waals surface area (Å²) in [6.07, 6.45) is 0.0375. The van der Waals surface area contributed by atoms with E-state index >= 15 is 0 Å². The minimum atomic E-state index is -3.21. The van der Waals surface area contributed by atoms with Crippen molar-refractivity contribution in [1.29, 1.82) is 0 Å². The molecule has 10 heteroatoms. The molecule has 1 atom stereocenters. The lowest BCUT2D eigenvalue weighted by molar-refractivity contribution is -0.128. The van der Waals surface area contributed by atoms with Gasteiger partial charge in [0.25, 0.3) is 5.91 Å². The van der Waals surface area contributed by atoms with Gasteiger partial charge in [0.2, 0.25) is 0 Å². The molecule has 1 amide bonds. The van der Waals surface area contributed by atoms with E-state index < -0.39 is 23.6 Å². The number of amides is 1. The highest BCUT2D eigenvalue weighted by Gasteiger charge is 2.29.